The molecular weight excluding hydrogens is 393 g/mol. The number of amides is 2. The van der Waals surface area contributed by atoms with Gasteiger partial charge in [0.25, 0.3) is 5.91 Å². The molecule has 0 saturated heterocycles. The second kappa shape index (κ2) is 8.93. The molecule has 4 N–H and O–H groups in total. The lowest BCUT2D eigenvalue weighted by atomic mass is 9.84. The molecule has 4 rings (SSSR count). The third-order valence-corrected chi connectivity index (χ3v) is 6.10. The summed E-state index contributed by atoms with van der Waals surface area (Å²) in [5.41, 5.74) is 7.76. The minimum absolute atomic E-state index is 0. The van der Waals surface area contributed by atoms with Crippen LogP contribution in [0.25, 0.3) is 0 Å². The monoisotopic (exact) mass is 417 g/mol. The normalized spacial score (nSPS) is 24.6. The van der Waals surface area contributed by atoms with E-state index >= 15 is 0 Å². The number of benzene rings is 2. The molecule has 4 atom stereocenters. The van der Waals surface area contributed by atoms with E-state index in [-0.39, 0.29) is 48.5 Å². The fourth-order valence-electron chi connectivity index (χ4n) is 4.57. The van der Waals surface area contributed by atoms with E-state index in [1.165, 1.54) is 6.07 Å². The van der Waals surface area contributed by atoms with Crippen LogP contribution in [0.5, 0.6) is 0 Å². The second-order valence-electron chi connectivity index (χ2n) is 7.78. The van der Waals surface area contributed by atoms with Crippen LogP contribution < -0.4 is 16.4 Å². The molecule has 4 unspecified atom stereocenters. The largest absolute Gasteiger partial charge is 0.348 e. The van der Waals surface area contributed by atoms with Gasteiger partial charge in [0.05, 0.1) is 5.92 Å². The zero-order valence-corrected chi connectivity index (χ0v) is 16.8. The number of hydrogen-bond acceptors (Lipinski definition) is 3. The van der Waals surface area contributed by atoms with E-state index in [1.807, 2.05) is 0 Å². The van der Waals surface area contributed by atoms with Crippen molar-refractivity contribution in [3.05, 3.63) is 65.5 Å². The number of hydrogen-bond donors (Lipinski definition) is 3. The zero-order valence-electron chi connectivity index (χ0n) is 15.9. The van der Waals surface area contributed by atoms with Crippen molar-refractivity contribution < 1.29 is 14.0 Å². The van der Waals surface area contributed by atoms with E-state index in [4.69, 9.17) is 5.73 Å². The molecule has 0 heterocycles. The molecule has 0 spiro atoms. The molecule has 2 aliphatic carbocycles. The van der Waals surface area contributed by atoms with Gasteiger partial charge in [0.2, 0.25) is 5.91 Å². The van der Waals surface area contributed by atoms with Crippen LogP contribution in [0.15, 0.2) is 48.5 Å². The Labute approximate surface area is 175 Å². The third-order valence-electron chi connectivity index (χ3n) is 6.10. The highest BCUT2D eigenvalue weighted by atomic mass is 35.5. The van der Waals surface area contributed by atoms with Crippen molar-refractivity contribution in [2.24, 2.45) is 23.5 Å². The van der Waals surface area contributed by atoms with Gasteiger partial charge in [-0.1, -0.05) is 18.2 Å². The molecule has 7 heteroatoms. The number of carbonyl (C=O) groups excluding carboxylic acids is 2. The van der Waals surface area contributed by atoms with E-state index < -0.39 is 0 Å². The summed E-state index contributed by atoms with van der Waals surface area (Å²) in [6.45, 7) is 0.117. The van der Waals surface area contributed by atoms with E-state index in [2.05, 4.69) is 10.6 Å². The van der Waals surface area contributed by atoms with Gasteiger partial charge in [-0.2, -0.15) is 0 Å². The molecule has 0 aromatic heterocycles. The van der Waals surface area contributed by atoms with Gasteiger partial charge in [-0.25, -0.2) is 4.39 Å². The minimum atomic E-state index is -0.348. The summed E-state index contributed by atoms with van der Waals surface area (Å²) in [5.74, 6) is 0.0691. The van der Waals surface area contributed by atoms with Crippen molar-refractivity contribution in [3.8, 4) is 0 Å². The van der Waals surface area contributed by atoms with Crippen LogP contribution in [0.1, 0.15) is 35.2 Å². The van der Waals surface area contributed by atoms with E-state index in [9.17, 15) is 14.0 Å². The summed E-state index contributed by atoms with van der Waals surface area (Å²) in [4.78, 5) is 24.9. The van der Waals surface area contributed by atoms with Gasteiger partial charge in [0.1, 0.15) is 5.82 Å². The Kier molecular flexibility index (Phi) is 6.55. The number of nitrogens with two attached hydrogens (primary N) is 1. The van der Waals surface area contributed by atoms with Crippen LogP contribution in [0, 0.1) is 23.6 Å². The Morgan fingerprint density at radius 2 is 1.72 bits per heavy atom. The predicted octanol–water partition coefficient (Wildman–Crippen LogP) is 3.49. The SMILES string of the molecule is Cl.NC1C2CCC(C2)C1C(=O)Nc1ccc(C(=O)NCc2ccccc2F)cc1. The molecule has 154 valence electrons. The Hall–Kier alpha value is -2.44. The smallest absolute Gasteiger partial charge is 0.251 e. The molecule has 2 aliphatic rings. The third kappa shape index (κ3) is 4.43. The number of nitrogens with one attached hydrogen (secondary N) is 2. The molecule has 2 saturated carbocycles. The van der Waals surface area contributed by atoms with Crippen LogP contribution in [0.2, 0.25) is 0 Å². The average molecular weight is 418 g/mol. The lowest BCUT2D eigenvalue weighted by Gasteiger charge is -2.27. The van der Waals surface area contributed by atoms with Gasteiger partial charge < -0.3 is 16.4 Å². The van der Waals surface area contributed by atoms with Crippen LogP contribution in [-0.4, -0.2) is 17.9 Å². The quantitative estimate of drug-likeness (QED) is 0.696. The fraction of sp³-hybridized carbons (Fsp3) is 0.364. The molecule has 2 aromatic carbocycles. The maximum absolute atomic E-state index is 13.6. The maximum Gasteiger partial charge on any atom is 0.251 e. The lowest BCUT2D eigenvalue weighted by Crippen LogP contribution is -2.42. The van der Waals surface area contributed by atoms with Crippen molar-refractivity contribution in [1.29, 1.82) is 0 Å². The fourth-order valence-corrected chi connectivity index (χ4v) is 4.57. The Morgan fingerprint density at radius 3 is 2.38 bits per heavy atom. The molecule has 0 aliphatic heterocycles. The highest BCUT2D eigenvalue weighted by molar-refractivity contribution is 5.96. The molecule has 2 amide bonds. The first kappa shape index (κ1) is 21.3. The first-order valence-electron chi connectivity index (χ1n) is 9.71. The van der Waals surface area contributed by atoms with Crippen LogP contribution >= 0.6 is 12.4 Å². The van der Waals surface area contributed by atoms with E-state index in [0.29, 0.717) is 28.7 Å². The van der Waals surface area contributed by atoms with Crippen LogP contribution in [0.3, 0.4) is 0 Å². The highest BCUT2D eigenvalue weighted by Gasteiger charge is 2.49. The standard InChI is InChI=1S/C22H24FN3O2.ClH/c23-18-4-2-1-3-16(18)12-25-21(27)13-7-9-17(10-8-13)26-22(28)19-14-5-6-15(11-14)20(19)24;/h1-4,7-10,14-15,19-20H,5-6,11-12,24H2,(H,25,27)(H,26,28);1H. The van der Waals surface area contributed by atoms with Gasteiger partial charge in [-0.05, 0) is 61.4 Å². The van der Waals surface area contributed by atoms with Gasteiger partial charge in [0, 0.05) is 29.4 Å². The summed E-state index contributed by atoms with van der Waals surface area (Å²) in [6, 6.07) is 13.0. The number of carbonyl (C=O) groups is 2. The molecule has 2 bridgehead atoms. The molecule has 2 aromatic rings. The van der Waals surface area contributed by atoms with Gasteiger partial charge in [0.15, 0.2) is 0 Å². The van der Waals surface area contributed by atoms with Crippen LogP contribution in [-0.2, 0) is 11.3 Å². The first-order valence-corrected chi connectivity index (χ1v) is 9.71. The van der Waals surface area contributed by atoms with Crippen molar-refractivity contribution in [2.75, 3.05) is 5.32 Å². The minimum Gasteiger partial charge on any atom is -0.348 e. The van der Waals surface area contributed by atoms with Crippen molar-refractivity contribution in [2.45, 2.75) is 31.8 Å². The predicted molar refractivity (Wildman–Crippen MR) is 112 cm³/mol. The zero-order chi connectivity index (χ0) is 19.7. The van der Waals surface area contributed by atoms with Crippen molar-refractivity contribution in [1.82, 2.24) is 5.32 Å². The van der Waals surface area contributed by atoms with Gasteiger partial charge >= 0.3 is 0 Å². The number of halogens is 2. The van der Waals surface area contributed by atoms with E-state index in [1.54, 1.807) is 42.5 Å². The number of anilines is 1. The van der Waals surface area contributed by atoms with Crippen molar-refractivity contribution >= 4 is 29.9 Å². The second-order valence-corrected chi connectivity index (χ2v) is 7.78. The van der Waals surface area contributed by atoms with E-state index in [0.717, 1.165) is 19.3 Å². The Balaban J connectivity index is 0.00000240. The Morgan fingerprint density at radius 1 is 1.03 bits per heavy atom. The number of fused-ring (bicyclic) bond motifs is 2. The molecular formula is C22H25ClFN3O2. The lowest BCUT2D eigenvalue weighted by molar-refractivity contribution is -0.121. The van der Waals surface area contributed by atoms with Crippen LogP contribution in [0.4, 0.5) is 10.1 Å². The summed E-state index contributed by atoms with van der Waals surface area (Å²) < 4.78 is 13.6. The summed E-state index contributed by atoms with van der Waals surface area (Å²) >= 11 is 0. The van der Waals surface area contributed by atoms with Gasteiger partial charge in [-0.15, -0.1) is 12.4 Å². The molecule has 2 fully saturated rings. The average Bonchev–Trinajstić information content (AvgIpc) is 3.29. The highest BCUT2D eigenvalue weighted by Crippen LogP contribution is 2.47. The summed E-state index contributed by atoms with van der Waals surface area (Å²) in [5, 5.41) is 5.63. The molecule has 0 radical (unpaired) electrons. The first-order chi connectivity index (χ1) is 13.5. The molecule has 5 nitrogen and oxygen atoms in total. The Bertz CT molecular complexity index is 888. The molecule has 29 heavy (non-hydrogen) atoms. The topological polar surface area (TPSA) is 84.2 Å². The maximum atomic E-state index is 13.6. The number of rotatable bonds is 5. The summed E-state index contributed by atoms with van der Waals surface area (Å²) in [7, 11) is 0. The summed E-state index contributed by atoms with van der Waals surface area (Å²) in [6.07, 6.45) is 3.27. The van der Waals surface area contributed by atoms with Gasteiger partial charge in [-0.3, -0.25) is 9.59 Å². The van der Waals surface area contributed by atoms with Crippen molar-refractivity contribution in [3.63, 3.8) is 0 Å².